The number of rotatable bonds is 9. The van der Waals surface area contributed by atoms with Gasteiger partial charge in [-0.15, -0.1) is 0 Å². The maximum absolute atomic E-state index is 12.5. The summed E-state index contributed by atoms with van der Waals surface area (Å²) in [5.41, 5.74) is 4.66. The fourth-order valence-electron chi connectivity index (χ4n) is 3.13. The van der Waals surface area contributed by atoms with E-state index in [1.54, 1.807) is 25.4 Å². The van der Waals surface area contributed by atoms with E-state index in [9.17, 15) is 9.59 Å². The van der Waals surface area contributed by atoms with Gasteiger partial charge in [0.1, 0.15) is 5.69 Å². The summed E-state index contributed by atoms with van der Waals surface area (Å²) in [6, 6.07) is 9.90. The first-order valence-corrected chi connectivity index (χ1v) is 10.1. The number of aryl methyl sites for hydroxylation is 2. The van der Waals surface area contributed by atoms with Crippen LogP contribution in [0, 0.1) is 6.92 Å². The third kappa shape index (κ3) is 5.39. The monoisotopic (exact) mass is 405 g/mol. The van der Waals surface area contributed by atoms with Gasteiger partial charge in [-0.05, 0) is 25.5 Å². The molecule has 7 nitrogen and oxygen atoms in total. The highest BCUT2D eigenvalue weighted by molar-refractivity contribution is 6.04. The summed E-state index contributed by atoms with van der Waals surface area (Å²) < 4.78 is 1.81. The van der Waals surface area contributed by atoms with Gasteiger partial charge in [-0.25, -0.2) is 0 Å². The first kappa shape index (κ1) is 21.4. The Balaban J connectivity index is 1.72. The fraction of sp³-hybridized carbons (Fsp3) is 0.304. The zero-order valence-corrected chi connectivity index (χ0v) is 17.6. The molecule has 2 aromatic heterocycles. The quantitative estimate of drug-likeness (QED) is 0.531. The molecule has 0 bridgehead atoms. The van der Waals surface area contributed by atoms with Gasteiger partial charge in [-0.1, -0.05) is 36.8 Å². The number of aromatic nitrogens is 3. The zero-order valence-electron chi connectivity index (χ0n) is 17.6. The lowest BCUT2D eigenvalue weighted by molar-refractivity contribution is -0.115. The second-order valence-corrected chi connectivity index (χ2v) is 7.12. The van der Waals surface area contributed by atoms with E-state index >= 15 is 0 Å². The van der Waals surface area contributed by atoms with Crippen LogP contribution in [0.15, 0.2) is 48.9 Å². The van der Waals surface area contributed by atoms with Crippen LogP contribution in [0.4, 0.5) is 5.69 Å². The number of nitrogens with one attached hydrogen (secondary N) is 2. The smallest absolute Gasteiger partial charge is 0.238 e. The second-order valence-electron chi connectivity index (χ2n) is 7.12. The summed E-state index contributed by atoms with van der Waals surface area (Å²) in [6.07, 6.45) is 5.62. The fourth-order valence-corrected chi connectivity index (χ4v) is 3.13. The van der Waals surface area contributed by atoms with Crippen LogP contribution in [0.1, 0.15) is 41.9 Å². The van der Waals surface area contributed by atoms with E-state index in [1.807, 2.05) is 42.9 Å². The first-order valence-electron chi connectivity index (χ1n) is 10.1. The van der Waals surface area contributed by atoms with E-state index in [4.69, 9.17) is 0 Å². The minimum Gasteiger partial charge on any atom is -0.323 e. The Morgan fingerprint density at radius 3 is 2.63 bits per heavy atom. The summed E-state index contributed by atoms with van der Waals surface area (Å²) in [5, 5.41) is 10.3. The molecule has 7 heteroatoms. The predicted octanol–water partition coefficient (Wildman–Crippen LogP) is 3.59. The number of carbonyl (C=O) groups excluding carboxylic acids is 2. The number of nitrogens with zero attached hydrogens (tertiary/aromatic N) is 3. The molecule has 0 fully saturated rings. The summed E-state index contributed by atoms with van der Waals surface area (Å²) in [6.45, 7) is 7.30. The van der Waals surface area contributed by atoms with Crippen molar-refractivity contribution in [2.75, 3.05) is 11.9 Å². The minimum absolute atomic E-state index is 0.117. The number of ketones is 1. The Morgan fingerprint density at radius 1 is 1.10 bits per heavy atom. The molecule has 0 atom stereocenters. The molecule has 1 aromatic carbocycles. The molecule has 0 unspecified atom stereocenters. The Morgan fingerprint density at radius 2 is 1.93 bits per heavy atom. The van der Waals surface area contributed by atoms with Crippen LogP contribution in [0.25, 0.3) is 11.1 Å². The summed E-state index contributed by atoms with van der Waals surface area (Å²) in [5.74, 6) is -0.343. The van der Waals surface area contributed by atoms with Crippen LogP contribution >= 0.6 is 0 Å². The highest BCUT2D eigenvalue weighted by Crippen LogP contribution is 2.24. The van der Waals surface area contributed by atoms with Crippen molar-refractivity contribution in [2.24, 2.45) is 0 Å². The van der Waals surface area contributed by atoms with E-state index in [2.05, 4.69) is 26.8 Å². The number of anilines is 1. The molecule has 0 radical (unpaired) electrons. The van der Waals surface area contributed by atoms with E-state index in [0.29, 0.717) is 18.7 Å². The number of carbonyl (C=O) groups is 2. The van der Waals surface area contributed by atoms with Gasteiger partial charge >= 0.3 is 0 Å². The molecular weight excluding hydrogens is 378 g/mol. The molecule has 0 aliphatic rings. The zero-order chi connectivity index (χ0) is 21.5. The van der Waals surface area contributed by atoms with Crippen LogP contribution < -0.4 is 10.6 Å². The van der Waals surface area contributed by atoms with Crippen LogP contribution in [0.3, 0.4) is 0 Å². The van der Waals surface area contributed by atoms with Crippen LogP contribution in [0.2, 0.25) is 0 Å². The molecule has 156 valence electrons. The molecule has 1 amide bonds. The molecule has 0 saturated heterocycles. The normalized spacial score (nSPS) is 10.8. The Bertz CT molecular complexity index is 1040. The topological polar surface area (TPSA) is 88.9 Å². The highest BCUT2D eigenvalue weighted by Gasteiger charge is 2.16. The maximum atomic E-state index is 12.5. The van der Waals surface area contributed by atoms with Gasteiger partial charge in [-0.3, -0.25) is 19.3 Å². The Kier molecular flexibility index (Phi) is 7.08. The van der Waals surface area contributed by atoms with E-state index < -0.39 is 0 Å². The molecule has 0 aliphatic heterocycles. The number of hydrogen-bond donors (Lipinski definition) is 2. The number of pyridine rings is 1. The van der Waals surface area contributed by atoms with Crippen molar-refractivity contribution in [3.05, 3.63) is 65.7 Å². The minimum atomic E-state index is -0.226. The van der Waals surface area contributed by atoms with Gasteiger partial charge < -0.3 is 10.6 Å². The van der Waals surface area contributed by atoms with Crippen molar-refractivity contribution >= 4 is 17.4 Å². The number of benzene rings is 1. The maximum Gasteiger partial charge on any atom is 0.238 e. The van der Waals surface area contributed by atoms with E-state index in [1.165, 1.54) is 5.56 Å². The molecule has 0 saturated carbocycles. The molecule has 3 rings (SSSR count). The van der Waals surface area contributed by atoms with E-state index in [-0.39, 0.29) is 23.9 Å². The largest absolute Gasteiger partial charge is 0.323 e. The van der Waals surface area contributed by atoms with Crippen LogP contribution in [0.5, 0.6) is 0 Å². The summed E-state index contributed by atoms with van der Waals surface area (Å²) in [7, 11) is 0. The van der Waals surface area contributed by atoms with Gasteiger partial charge in [0.25, 0.3) is 0 Å². The van der Waals surface area contributed by atoms with Crippen molar-refractivity contribution in [3.63, 3.8) is 0 Å². The van der Waals surface area contributed by atoms with Crippen LogP contribution in [-0.4, -0.2) is 33.0 Å². The van der Waals surface area contributed by atoms with Crippen molar-refractivity contribution in [2.45, 2.75) is 40.3 Å². The molecular formula is C23H27N5O2. The van der Waals surface area contributed by atoms with Gasteiger partial charge in [0.15, 0.2) is 5.78 Å². The van der Waals surface area contributed by atoms with Crippen molar-refractivity contribution in [3.8, 4) is 11.1 Å². The number of amides is 1. The van der Waals surface area contributed by atoms with Crippen molar-refractivity contribution in [1.82, 2.24) is 20.1 Å². The highest BCUT2D eigenvalue weighted by atomic mass is 16.2. The van der Waals surface area contributed by atoms with Gasteiger partial charge in [0, 0.05) is 43.0 Å². The molecule has 0 spiro atoms. The predicted molar refractivity (Wildman–Crippen MR) is 117 cm³/mol. The SMILES string of the molecule is CCC(=O)c1ncc(-c2cnn(CC)c2)cc1NC(=O)CNCc1cccc(C)c1. The Hall–Kier alpha value is -3.32. The summed E-state index contributed by atoms with van der Waals surface area (Å²) in [4.78, 5) is 29.1. The molecule has 2 heterocycles. The third-order valence-electron chi connectivity index (χ3n) is 4.73. The lowest BCUT2D eigenvalue weighted by Crippen LogP contribution is -2.28. The van der Waals surface area contributed by atoms with Gasteiger partial charge in [0.2, 0.25) is 5.91 Å². The molecule has 2 N–H and O–H groups in total. The standard InChI is InChI=1S/C23H27N5O2/c1-4-21(29)23-20(10-18(12-25-23)19-13-26-28(5-2)15-19)27-22(30)14-24-11-17-8-6-7-16(3)9-17/h6-10,12-13,15,24H,4-5,11,14H2,1-3H3,(H,27,30). The number of hydrogen-bond acceptors (Lipinski definition) is 5. The second kappa shape index (κ2) is 9.93. The molecule has 0 aliphatic carbocycles. The number of Topliss-reactive ketones (excluding diaryl/α,β-unsaturated/α-hetero) is 1. The van der Waals surface area contributed by atoms with Crippen molar-refractivity contribution < 1.29 is 9.59 Å². The summed E-state index contributed by atoms with van der Waals surface area (Å²) >= 11 is 0. The van der Waals surface area contributed by atoms with Gasteiger partial charge in [0.05, 0.1) is 18.4 Å². The lowest BCUT2D eigenvalue weighted by atomic mass is 10.1. The third-order valence-corrected chi connectivity index (χ3v) is 4.73. The lowest BCUT2D eigenvalue weighted by Gasteiger charge is -2.12. The average Bonchev–Trinajstić information content (AvgIpc) is 3.22. The van der Waals surface area contributed by atoms with Crippen molar-refractivity contribution in [1.29, 1.82) is 0 Å². The van der Waals surface area contributed by atoms with E-state index in [0.717, 1.165) is 23.2 Å². The first-order chi connectivity index (χ1) is 14.5. The Labute approximate surface area is 176 Å². The van der Waals surface area contributed by atoms with Crippen LogP contribution in [-0.2, 0) is 17.9 Å². The van der Waals surface area contributed by atoms with Gasteiger partial charge in [-0.2, -0.15) is 5.10 Å². The molecule has 30 heavy (non-hydrogen) atoms. The average molecular weight is 406 g/mol. The molecule has 3 aromatic rings.